The fourth-order valence-corrected chi connectivity index (χ4v) is 4.81. The predicted octanol–water partition coefficient (Wildman–Crippen LogP) is 4.02. The molecule has 37 heavy (non-hydrogen) atoms. The van der Waals surface area contributed by atoms with Crippen molar-refractivity contribution in [2.24, 2.45) is 0 Å². The largest absolute Gasteiger partial charge is 0.497 e. The number of ether oxygens (including phenoxy) is 2. The fourth-order valence-electron chi connectivity index (χ4n) is 3.50. The second-order valence-corrected chi connectivity index (χ2v) is 9.75. The van der Waals surface area contributed by atoms with Gasteiger partial charge in [-0.05, 0) is 43.2 Å². The normalized spacial score (nSPS) is 10.7. The van der Waals surface area contributed by atoms with Crippen LogP contribution in [0, 0.1) is 13.8 Å². The Morgan fingerprint density at radius 3 is 2.51 bits per heavy atom. The van der Waals surface area contributed by atoms with Crippen LogP contribution in [0.3, 0.4) is 0 Å². The first-order chi connectivity index (χ1) is 17.9. The number of carbonyl (C=O) groups is 2. The molecule has 0 aliphatic rings. The van der Waals surface area contributed by atoms with Crippen molar-refractivity contribution in [2.75, 3.05) is 25.3 Å². The number of nitrogens with one attached hydrogen (secondary N) is 2. The Morgan fingerprint density at radius 1 is 1.08 bits per heavy atom. The van der Waals surface area contributed by atoms with Crippen molar-refractivity contribution < 1.29 is 19.1 Å². The molecule has 0 saturated heterocycles. The molecule has 2 aromatic carbocycles. The van der Waals surface area contributed by atoms with Crippen LogP contribution < -0.4 is 20.1 Å². The molecule has 0 radical (unpaired) electrons. The van der Waals surface area contributed by atoms with Crippen LogP contribution in [0.5, 0.6) is 11.5 Å². The van der Waals surface area contributed by atoms with E-state index < -0.39 is 0 Å². The zero-order chi connectivity index (χ0) is 26.4. The number of amides is 2. The van der Waals surface area contributed by atoms with Crippen molar-refractivity contribution >= 4 is 40.0 Å². The lowest BCUT2D eigenvalue weighted by Gasteiger charge is -2.15. The second kappa shape index (κ2) is 11.9. The van der Waals surface area contributed by atoms with Gasteiger partial charge in [0.15, 0.2) is 16.1 Å². The third kappa shape index (κ3) is 6.27. The van der Waals surface area contributed by atoms with Crippen LogP contribution in [0.4, 0.5) is 5.13 Å². The standard InChI is InChI=1S/C25H26N6O4S2/c1-15-6-5-7-20(16(15)2)31-21(13-27-23(33)17-10-18(34-3)12-19(11-17)35-4)29-30-25(31)37-14-22(32)28-24-26-8-9-36-24/h5-12H,13-14H2,1-4H3,(H,27,33)(H,26,28,32). The van der Waals surface area contributed by atoms with Crippen molar-refractivity contribution in [2.45, 2.75) is 25.5 Å². The average Bonchev–Trinajstić information content (AvgIpc) is 3.57. The zero-order valence-corrected chi connectivity index (χ0v) is 22.4. The third-order valence-corrected chi connectivity index (χ3v) is 7.17. The predicted molar refractivity (Wildman–Crippen MR) is 143 cm³/mol. The van der Waals surface area contributed by atoms with Crippen LogP contribution in [0.1, 0.15) is 27.3 Å². The van der Waals surface area contributed by atoms with Gasteiger partial charge in [-0.1, -0.05) is 23.9 Å². The smallest absolute Gasteiger partial charge is 0.251 e. The summed E-state index contributed by atoms with van der Waals surface area (Å²) in [4.78, 5) is 29.5. The van der Waals surface area contributed by atoms with Gasteiger partial charge in [0.25, 0.3) is 5.91 Å². The topological polar surface area (TPSA) is 120 Å². The molecule has 0 aliphatic heterocycles. The number of nitrogens with zero attached hydrogens (tertiary/aromatic N) is 4. The van der Waals surface area contributed by atoms with E-state index in [0.29, 0.717) is 33.2 Å². The van der Waals surface area contributed by atoms with Gasteiger partial charge in [0.1, 0.15) is 11.5 Å². The Morgan fingerprint density at radius 2 is 1.84 bits per heavy atom. The highest BCUT2D eigenvalue weighted by atomic mass is 32.2. The summed E-state index contributed by atoms with van der Waals surface area (Å²) in [6.45, 7) is 4.15. The molecule has 2 heterocycles. The van der Waals surface area contributed by atoms with Crippen molar-refractivity contribution in [3.63, 3.8) is 0 Å². The molecule has 4 aromatic rings. The summed E-state index contributed by atoms with van der Waals surface area (Å²) in [7, 11) is 3.05. The van der Waals surface area contributed by atoms with E-state index in [1.807, 2.05) is 36.6 Å². The molecule has 0 unspecified atom stereocenters. The highest BCUT2D eigenvalue weighted by Crippen LogP contribution is 2.27. The van der Waals surface area contributed by atoms with Gasteiger partial charge < -0.3 is 20.1 Å². The molecule has 2 aromatic heterocycles. The Balaban J connectivity index is 1.57. The lowest BCUT2D eigenvalue weighted by Crippen LogP contribution is -2.25. The summed E-state index contributed by atoms with van der Waals surface area (Å²) in [6, 6.07) is 10.9. The molecule has 0 bridgehead atoms. The number of methoxy groups -OCH3 is 2. The molecule has 12 heteroatoms. The number of hydrogen-bond acceptors (Lipinski definition) is 9. The number of aromatic nitrogens is 4. The molecular weight excluding hydrogens is 512 g/mol. The van der Waals surface area contributed by atoms with E-state index in [1.54, 1.807) is 29.8 Å². The van der Waals surface area contributed by atoms with Gasteiger partial charge in [-0.3, -0.25) is 14.2 Å². The summed E-state index contributed by atoms with van der Waals surface area (Å²) in [6.07, 6.45) is 1.63. The van der Waals surface area contributed by atoms with Crippen molar-refractivity contribution in [3.05, 3.63) is 70.5 Å². The van der Waals surface area contributed by atoms with Crippen LogP contribution in [-0.4, -0.2) is 51.5 Å². The molecule has 0 atom stereocenters. The molecule has 192 valence electrons. The number of benzene rings is 2. The van der Waals surface area contributed by atoms with Crippen molar-refractivity contribution in [1.82, 2.24) is 25.1 Å². The molecule has 2 N–H and O–H groups in total. The first kappa shape index (κ1) is 26.2. The average molecular weight is 539 g/mol. The Labute approximate surface area is 222 Å². The summed E-state index contributed by atoms with van der Waals surface area (Å²) < 4.78 is 12.4. The van der Waals surface area contributed by atoms with Crippen molar-refractivity contribution in [3.8, 4) is 17.2 Å². The van der Waals surface area contributed by atoms with Crippen LogP contribution in [0.25, 0.3) is 5.69 Å². The van der Waals surface area contributed by atoms with E-state index in [4.69, 9.17) is 9.47 Å². The quantitative estimate of drug-likeness (QED) is 0.291. The van der Waals surface area contributed by atoms with Gasteiger partial charge in [0, 0.05) is 23.2 Å². The van der Waals surface area contributed by atoms with Gasteiger partial charge in [-0.25, -0.2) is 4.98 Å². The van der Waals surface area contributed by atoms with Crippen LogP contribution >= 0.6 is 23.1 Å². The minimum absolute atomic E-state index is 0.116. The number of thioether (sulfide) groups is 1. The van der Waals surface area contributed by atoms with E-state index in [-0.39, 0.29) is 24.1 Å². The van der Waals surface area contributed by atoms with Gasteiger partial charge in [0.05, 0.1) is 32.2 Å². The molecule has 10 nitrogen and oxygen atoms in total. The molecule has 4 rings (SSSR count). The molecule has 0 aliphatic carbocycles. The number of hydrogen-bond donors (Lipinski definition) is 2. The van der Waals surface area contributed by atoms with E-state index in [2.05, 4.69) is 25.8 Å². The summed E-state index contributed by atoms with van der Waals surface area (Å²) >= 11 is 2.61. The van der Waals surface area contributed by atoms with E-state index in [9.17, 15) is 9.59 Å². The Kier molecular flexibility index (Phi) is 8.41. The number of aryl methyl sites for hydroxylation is 1. The Hall–Kier alpha value is -3.90. The highest BCUT2D eigenvalue weighted by molar-refractivity contribution is 7.99. The SMILES string of the molecule is COc1cc(OC)cc(C(=O)NCc2nnc(SCC(=O)Nc3nccs3)n2-c2cccc(C)c2C)c1. The summed E-state index contributed by atoms with van der Waals surface area (Å²) in [5, 5.41) is 17.2. The monoisotopic (exact) mass is 538 g/mol. The molecule has 2 amide bonds. The Bertz CT molecular complexity index is 1380. The number of thiazole rings is 1. The first-order valence-corrected chi connectivity index (χ1v) is 13.1. The van der Waals surface area contributed by atoms with Gasteiger partial charge in [-0.2, -0.15) is 0 Å². The maximum absolute atomic E-state index is 13.0. The van der Waals surface area contributed by atoms with Crippen LogP contribution in [-0.2, 0) is 11.3 Å². The summed E-state index contributed by atoms with van der Waals surface area (Å²) in [5.74, 6) is 1.16. The van der Waals surface area contributed by atoms with Crippen molar-refractivity contribution in [1.29, 1.82) is 0 Å². The lowest BCUT2D eigenvalue weighted by molar-refractivity contribution is -0.113. The van der Waals surface area contributed by atoms with E-state index in [0.717, 1.165) is 16.8 Å². The molecule has 0 saturated carbocycles. The van der Waals surface area contributed by atoms with Gasteiger partial charge >= 0.3 is 0 Å². The van der Waals surface area contributed by atoms with Gasteiger partial charge in [0.2, 0.25) is 5.91 Å². The lowest BCUT2D eigenvalue weighted by atomic mass is 10.1. The molecule has 0 spiro atoms. The fraction of sp³-hybridized carbons (Fsp3) is 0.240. The second-order valence-electron chi connectivity index (χ2n) is 7.91. The maximum atomic E-state index is 13.0. The van der Waals surface area contributed by atoms with Crippen LogP contribution in [0.2, 0.25) is 0 Å². The zero-order valence-electron chi connectivity index (χ0n) is 20.8. The van der Waals surface area contributed by atoms with E-state index >= 15 is 0 Å². The molecular formula is C25H26N6O4S2. The minimum Gasteiger partial charge on any atom is -0.497 e. The van der Waals surface area contributed by atoms with Gasteiger partial charge in [-0.15, -0.1) is 21.5 Å². The first-order valence-electron chi connectivity index (χ1n) is 11.2. The third-order valence-electron chi connectivity index (χ3n) is 5.55. The maximum Gasteiger partial charge on any atom is 0.251 e. The van der Waals surface area contributed by atoms with Crippen LogP contribution in [0.15, 0.2) is 53.1 Å². The number of rotatable bonds is 10. The summed E-state index contributed by atoms with van der Waals surface area (Å²) in [5.41, 5.74) is 3.41. The van der Waals surface area contributed by atoms with E-state index in [1.165, 1.54) is 37.3 Å². The molecule has 0 fully saturated rings. The minimum atomic E-state index is -0.315. The number of carbonyl (C=O) groups excluding carboxylic acids is 2. The highest BCUT2D eigenvalue weighted by Gasteiger charge is 2.19. The number of anilines is 1.